The molecule has 8 nitrogen and oxygen atoms in total. The van der Waals surface area contributed by atoms with Gasteiger partial charge >= 0.3 is 13.7 Å². The first-order valence-electron chi connectivity index (χ1n) is 8.25. The first kappa shape index (κ1) is 20.3. The van der Waals surface area contributed by atoms with E-state index in [4.69, 9.17) is 14.8 Å². The first-order chi connectivity index (χ1) is 12.8. The lowest BCUT2D eigenvalue weighted by Gasteiger charge is -2.25. The number of para-hydroxylation sites is 2. The number of nitrogens with two attached hydrogens (primary N) is 1. The number of likely N-dealkylation sites (N-methyl/N-ethyl adjacent to an activating group) is 1. The summed E-state index contributed by atoms with van der Waals surface area (Å²) in [5, 5.41) is 9.28. The van der Waals surface area contributed by atoms with Crippen LogP contribution in [0.25, 0.3) is 0 Å². The number of aliphatic carboxylic acids is 1. The molecular weight excluding hydrogens is 369 g/mol. The molecule has 1 unspecified atom stereocenters. The minimum Gasteiger partial charge on any atom is -0.480 e. The van der Waals surface area contributed by atoms with Gasteiger partial charge in [0.05, 0.1) is 0 Å². The summed E-state index contributed by atoms with van der Waals surface area (Å²) in [6, 6.07) is 15.9. The average molecular weight is 391 g/mol. The fourth-order valence-corrected chi connectivity index (χ4v) is 3.55. The number of carbonyl (C=O) groups is 1. The van der Waals surface area contributed by atoms with E-state index in [1.807, 2.05) is 0 Å². The number of hydrogen-bond donors (Lipinski definition) is 2. The van der Waals surface area contributed by atoms with Gasteiger partial charge in [-0.15, -0.1) is 4.76 Å². The van der Waals surface area contributed by atoms with Crippen LogP contribution in [0.4, 0.5) is 0 Å². The SMILES string of the molecule is CCC(C(=O)O)N(C)C(N)=NP(=O)(Oc1ccccc1)Oc1ccccc1. The van der Waals surface area contributed by atoms with Crippen LogP contribution in [-0.2, 0) is 9.36 Å². The summed E-state index contributed by atoms with van der Waals surface area (Å²) in [6.45, 7) is 1.70. The van der Waals surface area contributed by atoms with Gasteiger partial charge < -0.3 is 24.8 Å². The van der Waals surface area contributed by atoms with E-state index in [-0.39, 0.29) is 23.9 Å². The molecule has 1 atom stereocenters. The van der Waals surface area contributed by atoms with E-state index in [1.165, 1.54) is 11.9 Å². The van der Waals surface area contributed by atoms with Gasteiger partial charge in [-0.25, -0.2) is 9.36 Å². The molecule has 0 saturated heterocycles. The largest absolute Gasteiger partial charge is 0.566 e. The lowest BCUT2D eigenvalue weighted by molar-refractivity contribution is -0.141. The number of carboxylic acids is 1. The van der Waals surface area contributed by atoms with Crippen LogP contribution >= 0.6 is 7.75 Å². The molecule has 144 valence electrons. The summed E-state index contributed by atoms with van der Waals surface area (Å²) < 4.78 is 28.2. The Kier molecular flexibility index (Phi) is 6.85. The van der Waals surface area contributed by atoms with Crippen LogP contribution in [0.2, 0.25) is 0 Å². The number of benzene rings is 2. The fourth-order valence-electron chi connectivity index (χ4n) is 2.26. The van der Waals surface area contributed by atoms with Crippen molar-refractivity contribution >= 4 is 19.7 Å². The minimum absolute atomic E-state index is 0.264. The molecule has 2 aromatic rings. The summed E-state index contributed by atoms with van der Waals surface area (Å²) >= 11 is 0. The number of rotatable bonds is 8. The van der Waals surface area contributed by atoms with Crippen molar-refractivity contribution in [3.05, 3.63) is 60.7 Å². The van der Waals surface area contributed by atoms with E-state index in [2.05, 4.69) is 4.76 Å². The van der Waals surface area contributed by atoms with Crippen LogP contribution in [-0.4, -0.2) is 35.0 Å². The second kappa shape index (κ2) is 9.09. The molecule has 9 heteroatoms. The quantitative estimate of drug-likeness (QED) is 0.403. The minimum atomic E-state index is -4.13. The summed E-state index contributed by atoms with van der Waals surface area (Å²) in [6.07, 6.45) is 0.283. The summed E-state index contributed by atoms with van der Waals surface area (Å²) in [7, 11) is -2.67. The Morgan fingerprint density at radius 3 is 1.93 bits per heavy atom. The Bertz CT molecular complexity index is 784. The van der Waals surface area contributed by atoms with Gasteiger partial charge in [0.25, 0.3) is 0 Å². The van der Waals surface area contributed by atoms with Gasteiger partial charge in [0, 0.05) is 7.05 Å². The maximum Gasteiger partial charge on any atom is 0.566 e. The molecule has 3 N–H and O–H groups in total. The third-order valence-electron chi connectivity index (χ3n) is 3.65. The van der Waals surface area contributed by atoms with Crippen molar-refractivity contribution < 1.29 is 23.5 Å². The highest BCUT2D eigenvalue weighted by Gasteiger charge is 2.31. The van der Waals surface area contributed by atoms with Gasteiger partial charge in [-0.2, -0.15) is 0 Å². The van der Waals surface area contributed by atoms with Gasteiger partial charge in [0.15, 0.2) is 0 Å². The van der Waals surface area contributed by atoms with Gasteiger partial charge in [0.2, 0.25) is 5.96 Å². The second-order valence-corrected chi connectivity index (χ2v) is 7.11. The van der Waals surface area contributed by atoms with Crippen molar-refractivity contribution in [2.24, 2.45) is 10.5 Å². The predicted molar refractivity (Wildman–Crippen MR) is 103 cm³/mol. The lowest BCUT2D eigenvalue weighted by Crippen LogP contribution is -2.45. The van der Waals surface area contributed by atoms with Gasteiger partial charge in [-0.3, -0.25) is 0 Å². The van der Waals surface area contributed by atoms with E-state index in [0.717, 1.165) is 0 Å². The Labute approximate surface area is 157 Å². The molecule has 0 bridgehead atoms. The molecule has 0 amide bonds. The van der Waals surface area contributed by atoms with Crippen LogP contribution in [0.3, 0.4) is 0 Å². The van der Waals surface area contributed by atoms with Gasteiger partial charge in [-0.1, -0.05) is 43.3 Å². The zero-order chi connectivity index (χ0) is 19.9. The maximum atomic E-state index is 13.3. The fraction of sp³-hybridized carbons (Fsp3) is 0.222. The maximum absolute atomic E-state index is 13.3. The molecule has 2 aromatic carbocycles. The van der Waals surface area contributed by atoms with Crippen molar-refractivity contribution in [3.63, 3.8) is 0 Å². The number of hydrogen-bond acceptors (Lipinski definition) is 4. The zero-order valence-corrected chi connectivity index (χ0v) is 16.0. The van der Waals surface area contributed by atoms with Gasteiger partial charge in [0.1, 0.15) is 17.5 Å². The normalized spacial score (nSPS) is 12.9. The van der Waals surface area contributed by atoms with Gasteiger partial charge in [-0.05, 0) is 30.7 Å². The van der Waals surface area contributed by atoms with Crippen LogP contribution in [0, 0.1) is 0 Å². The van der Waals surface area contributed by atoms with Crippen LogP contribution in [0.1, 0.15) is 13.3 Å². The van der Waals surface area contributed by atoms with Crippen LogP contribution < -0.4 is 14.8 Å². The second-order valence-electron chi connectivity index (χ2n) is 5.61. The molecule has 0 radical (unpaired) electrons. The Hall–Kier alpha value is -2.99. The molecule has 27 heavy (non-hydrogen) atoms. The number of nitrogens with zero attached hydrogens (tertiary/aromatic N) is 2. The Balaban J connectivity index is 2.36. The lowest BCUT2D eigenvalue weighted by atomic mass is 10.2. The van der Waals surface area contributed by atoms with E-state index < -0.39 is 19.8 Å². The van der Waals surface area contributed by atoms with Crippen molar-refractivity contribution in [2.45, 2.75) is 19.4 Å². The zero-order valence-electron chi connectivity index (χ0n) is 15.1. The van der Waals surface area contributed by atoms with Crippen molar-refractivity contribution in [2.75, 3.05) is 7.05 Å². The molecule has 0 fully saturated rings. The first-order valence-corrected chi connectivity index (χ1v) is 9.75. The third-order valence-corrected chi connectivity index (χ3v) is 4.99. The average Bonchev–Trinajstić information content (AvgIpc) is 2.63. The van der Waals surface area contributed by atoms with E-state index in [0.29, 0.717) is 0 Å². The Morgan fingerprint density at radius 2 is 1.56 bits per heavy atom. The molecule has 0 aliphatic carbocycles. The van der Waals surface area contributed by atoms with E-state index in [1.54, 1.807) is 67.6 Å². The molecule has 0 aromatic heterocycles. The molecule has 0 saturated carbocycles. The molecule has 0 spiro atoms. The highest BCUT2D eigenvalue weighted by Crippen LogP contribution is 2.50. The summed E-state index contributed by atoms with van der Waals surface area (Å²) in [4.78, 5) is 12.6. The molecule has 0 aliphatic rings. The standard InChI is InChI=1S/C18H22N3O5P/c1-3-16(17(22)23)21(2)18(19)20-27(24,25-14-10-6-4-7-11-14)26-15-12-8-5-9-13-15/h4-13,16H,3H2,1-2H3,(H,22,23)(H2,19,20,24). The summed E-state index contributed by atoms with van der Waals surface area (Å²) in [5.41, 5.74) is 5.91. The topological polar surface area (TPSA) is 114 Å². The van der Waals surface area contributed by atoms with E-state index in [9.17, 15) is 14.5 Å². The molecule has 2 rings (SSSR count). The third kappa shape index (κ3) is 5.76. The monoisotopic (exact) mass is 391 g/mol. The van der Waals surface area contributed by atoms with Crippen molar-refractivity contribution in [1.82, 2.24) is 4.90 Å². The highest BCUT2D eigenvalue weighted by atomic mass is 31.2. The molecule has 0 aliphatic heterocycles. The smallest absolute Gasteiger partial charge is 0.480 e. The van der Waals surface area contributed by atoms with Crippen LogP contribution in [0.15, 0.2) is 65.4 Å². The highest BCUT2D eigenvalue weighted by molar-refractivity contribution is 7.53. The van der Waals surface area contributed by atoms with Crippen molar-refractivity contribution in [1.29, 1.82) is 0 Å². The molecule has 0 heterocycles. The number of carboxylic acid groups (broad SMARTS) is 1. The number of guanidine groups is 1. The van der Waals surface area contributed by atoms with E-state index >= 15 is 0 Å². The van der Waals surface area contributed by atoms with Crippen molar-refractivity contribution in [3.8, 4) is 11.5 Å². The molecular formula is C18H22N3O5P. The van der Waals surface area contributed by atoms with Crippen LogP contribution in [0.5, 0.6) is 11.5 Å². The Morgan fingerprint density at radius 1 is 1.11 bits per heavy atom. The predicted octanol–water partition coefficient (Wildman–Crippen LogP) is 3.36. The summed E-state index contributed by atoms with van der Waals surface area (Å²) in [5.74, 6) is -0.775.